The summed E-state index contributed by atoms with van der Waals surface area (Å²) in [5.41, 5.74) is 0. The molecule has 2 atom stereocenters. The molecule has 1 aromatic heterocycles. The number of furan rings is 1. The first-order chi connectivity index (χ1) is 7.19. The fraction of sp³-hybridized carbons (Fsp3) is 0.545. The predicted octanol–water partition coefficient (Wildman–Crippen LogP) is 1.88. The first kappa shape index (κ1) is 11.8. The van der Waals surface area contributed by atoms with Crippen molar-refractivity contribution in [3.63, 3.8) is 0 Å². The number of rotatable bonds is 5. The highest BCUT2D eigenvalue weighted by molar-refractivity contribution is 5.75. The van der Waals surface area contributed by atoms with Gasteiger partial charge in [0.25, 0.3) is 0 Å². The summed E-state index contributed by atoms with van der Waals surface area (Å²) in [5, 5.41) is 3.15. The van der Waals surface area contributed by atoms with Crippen molar-refractivity contribution in [3.05, 3.63) is 24.2 Å². The molecular formula is C11H17NO3. The van der Waals surface area contributed by atoms with E-state index in [2.05, 4.69) is 10.1 Å². The van der Waals surface area contributed by atoms with Crippen LogP contribution in [0.4, 0.5) is 0 Å². The van der Waals surface area contributed by atoms with Crippen molar-refractivity contribution < 1.29 is 13.9 Å². The zero-order valence-electron chi connectivity index (χ0n) is 9.32. The van der Waals surface area contributed by atoms with Gasteiger partial charge in [0.2, 0.25) is 0 Å². The summed E-state index contributed by atoms with van der Waals surface area (Å²) < 4.78 is 9.93. The molecule has 0 aromatic carbocycles. The molecule has 1 rings (SSSR count). The van der Waals surface area contributed by atoms with Gasteiger partial charge in [-0.1, -0.05) is 6.92 Å². The molecule has 84 valence electrons. The molecule has 0 aliphatic heterocycles. The number of methoxy groups -OCH3 is 1. The number of ether oxygens (including phenoxy) is 1. The lowest BCUT2D eigenvalue weighted by Crippen LogP contribution is -2.38. The van der Waals surface area contributed by atoms with Gasteiger partial charge in [0.05, 0.1) is 19.4 Å². The SMILES string of the molecule is CCC(N[C@@H](C)c1ccco1)C(=O)OC. The summed E-state index contributed by atoms with van der Waals surface area (Å²) in [5.74, 6) is 0.577. The van der Waals surface area contributed by atoms with Crippen LogP contribution in [0.25, 0.3) is 0 Å². The van der Waals surface area contributed by atoms with Gasteiger partial charge in [-0.25, -0.2) is 0 Å². The molecule has 1 heterocycles. The second kappa shape index (κ2) is 5.56. The topological polar surface area (TPSA) is 51.5 Å². The Hall–Kier alpha value is -1.29. The van der Waals surface area contributed by atoms with E-state index in [0.717, 1.165) is 5.76 Å². The molecule has 1 unspecified atom stereocenters. The van der Waals surface area contributed by atoms with Crippen LogP contribution in [0.5, 0.6) is 0 Å². The Balaban J connectivity index is 2.56. The van der Waals surface area contributed by atoms with E-state index in [9.17, 15) is 4.79 Å². The first-order valence-electron chi connectivity index (χ1n) is 5.06. The third-order valence-electron chi connectivity index (χ3n) is 2.32. The minimum absolute atomic E-state index is 0.00375. The number of carbonyl (C=O) groups excluding carboxylic acids is 1. The first-order valence-corrected chi connectivity index (χ1v) is 5.06. The summed E-state index contributed by atoms with van der Waals surface area (Å²) in [4.78, 5) is 11.3. The quantitative estimate of drug-likeness (QED) is 0.755. The van der Waals surface area contributed by atoms with E-state index >= 15 is 0 Å². The van der Waals surface area contributed by atoms with Crippen molar-refractivity contribution in [1.29, 1.82) is 0 Å². The molecule has 0 spiro atoms. The Morgan fingerprint density at radius 2 is 2.40 bits per heavy atom. The van der Waals surface area contributed by atoms with Crippen LogP contribution >= 0.6 is 0 Å². The maximum absolute atomic E-state index is 11.3. The van der Waals surface area contributed by atoms with Crippen LogP contribution in [0.2, 0.25) is 0 Å². The van der Waals surface area contributed by atoms with Gasteiger partial charge < -0.3 is 9.15 Å². The van der Waals surface area contributed by atoms with Gasteiger partial charge in [0.1, 0.15) is 11.8 Å². The monoisotopic (exact) mass is 211 g/mol. The maximum atomic E-state index is 11.3. The van der Waals surface area contributed by atoms with Gasteiger partial charge in [-0.05, 0) is 25.5 Å². The van der Waals surface area contributed by atoms with Gasteiger partial charge >= 0.3 is 5.97 Å². The van der Waals surface area contributed by atoms with E-state index in [-0.39, 0.29) is 18.1 Å². The predicted molar refractivity (Wildman–Crippen MR) is 56.4 cm³/mol. The molecule has 1 N–H and O–H groups in total. The smallest absolute Gasteiger partial charge is 0.322 e. The van der Waals surface area contributed by atoms with E-state index < -0.39 is 0 Å². The van der Waals surface area contributed by atoms with Gasteiger partial charge in [-0.2, -0.15) is 0 Å². The second-order valence-corrected chi connectivity index (χ2v) is 3.39. The molecular weight excluding hydrogens is 194 g/mol. The van der Waals surface area contributed by atoms with Crippen molar-refractivity contribution in [2.24, 2.45) is 0 Å². The van der Waals surface area contributed by atoms with Crippen LogP contribution in [0.15, 0.2) is 22.8 Å². The Morgan fingerprint density at radius 1 is 1.67 bits per heavy atom. The number of hydrogen-bond acceptors (Lipinski definition) is 4. The molecule has 0 saturated heterocycles. The van der Waals surface area contributed by atoms with Crippen LogP contribution in [-0.2, 0) is 9.53 Å². The lowest BCUT2D eigenvalue weighted by atomic mass is 10.1. The molecule has 0 radical (unpaired) electrons. The Kier molecular flexibility index (Phi) is 4.37. The number of hydrogen-bond donors (Lipinski definition) is 1. The van der Waals surface area contributed by atoms with Crippen LogP contribution in [0.3, 0.4) is 0 Å². The molecule has 4 nitrogen and oxygen atoms in total. The highest BCUT2D eigenvalue weighted by Gasteiger charge is 2.20. The van der Waals surface area contributed by atoms with Crippen LogP contribution in [0, 0.1) is 0 Å². The lowest BCUT2D eigenvalue weighted by molar-refractivity contribution is -0.143. The van der Waals surface area contributed by atoms with Crippen molar-refractivity contribution in [1.82, 2.24) is 5.32 Å². The third-order valence-corrected chi connectivity index (χ3v) is 2.32. The van der Waals surface area contributed by atoms with Gasteiger partial charge in [-0.15, -0.1) is 0 Å². The van der Waals surface area contributed by atoms with Gasteiger partial charge in [-0.3, -0.25) is 10.1 Å². The van der Waals surface area contributed by atoms with Crippen molar-refractivity contribution in [2.75, 3.05) is 7.11 Å². The Morgan fingerprint density at radius 3 is 2.87 bits per heavy atom. The zero-order valence-corrected chi connectivity index (χ0v) is 9.32. The number of esters is 1. The fourth-order valence-electron chi connectivity index (χ4n) is 1.42. The second-order valence-electron chi connectivity index (χ2n) is 3.39. The molecule has 0 amide bonds. The normalized spacial score (nSPS) is 14.6. The molecule has 0 aliphatic rings. The third kappa shape index (κ3) is 3.09. The van der Waals surface area contributed by atoms with E-state index in [1.807, 2.05) is 26.0 Å². The number of nitrogens with one attached hydrogen (secondary N) is 1. The summed E-state index contributed by atoms with van der Waals surface area (Å²) in [6.45, 7) is 3.88. The van der Waals surface area contributed by atoms with Crippen molar-refractivity contribution in [3.8, 4) is 0 Å². The number of carbonyl (C=O) groups is 1. The molecule has 1 aromatic rings. The van der Waals surface area contributed by atoms with Crippen molar-refractivity contribution >= 4 is 5.97 Å². The molecule has 15 heavy (non-hydrogen) atoms. The average molecular weight is 211 g/mol. The average Bonchev–Trinajstić information content (AvgIpc) is 2.77. The summed E-state index contributed by atoms with van der Waals surface area (Å²) in [6.07, 6.45) is 2.31. The Bertz CT molecular complexity index is 295. The molecule has 0 bridgehead atoms. The highest BCUT2D eigenvalue weighted by Crippen LogP contribution is 2.13. The standard InChI is InChI=1S/C11H17NO3/c1-4-9(11(13)14-3)12-8(2)10-6-5-7-15-10/h5-9,12H,4H2,1-3H3/t8-,9?/m0/s1. The highest BCUT2D eigenvalue weighted by atomic mass is 16.5. The largest absolute Gasteiger partial charge is 0.468 e. The van der Waals surface area contributed by atoms with Crippen LogP contribution in [0.1, 0.15) is 32.1 Å². The minimum Gasteiger partial charge on any atom is -0.468 e. The van der Waals surface area contributed by atoms with E-state index in [1.54, 1.807) is 6.26 Å². The minimum atomic E-state index is -0.282. The van der Waals surface area contributed by atoms with E-state index in [4.69, 9.17) is 4.42 Å². The van der Waals surface area contributed by atoms with Gasteiger partial charge in [0, 0.05) is 0 Å². The summed E-state index contributed by atoms with van der Waals surface area (Å²) >= 11 is 0. The maximum Gasteiger partial charge on any atom is 0.322 e. The summed E-state index contributed by atoms with van der Waals surface area (Å²) in [7, 11) is 1.39. The van der Waals surface area contributed by atoms with Gasteiger partial charge in [0.15, 0.2) is 0 Å². The lowest BCUT2D eigenvalue weighted by Gasteiger charge is -2.18. The van der Waals surface area contributed by atoms with Crippen LogP contribution < -0.4 is 5.32 Å². The summed E-state index contributed by atoms with van der Waals surface area (Å²) in [6, 6.07) is 3.42. The molecule has 4 heteroatoms. The fourth-order valence-corrected chi connectivity index (χ4v) is 1.42. The van der Waals surface area contributed by atoms with Crippen LogP contribution in [-0.4, -0.2) is 19.1 Å². The van der Waals surface area contributed by atoms with E-state index in [1.165, 1.54) is 7.11 Å². The molecule has 0 saturated carbocycles. The van der Waals surface area contributed by atoms with E-state index in [0.29, 0.717) is 6.42 Å². The van der Waals surface area contributed by atoms with Crippen molar-refractivity contribution in [2.45, 2.75) is 32.4 Å². The zero-order chi connectivity index (χ0) is 11.3. The molecule has 0 aliphatic carbocycles. The molecule has 0 fully saturated rings. The Labute approximate surface area is 89.6 Å².